The Labute approximate surface area is 105 Å². The van der Waals surface area contributed by atoms with E-state index in [2.05, 4.69) is 44.3 Å². The van der Waals surface area contributed by atoms with E-state index in [0.717, 1.165) is 18.4 Å². The van der Waals surface area contributed by atoms with Crippen molar-refractivity contribution in [2.75, 3.05) is 13.1 Å². The lowest BCUT2D eigenvalue weighted by atomic mass is 9.99. The van der Waals surface area contributed by atoms with E-state index >= 15 is 0 Å². The van der Waals surface area contributed by atoms with Crippen LogP contribution in [-0.4, -0.2) is 13.1 Å². The van der Waals surface area contributed by atoms with Crippen molar-refractivity contribution in [3.8, 4) is 0 Å². The smallest absolute Gasteiger partial charge is 0.0447 e. The molecule has 3 N–H and O–H groups in total. The van der Waals surface area contributed by atoms with Crippen LogP contribution in [0.3, 0.4) is 0 Å². The Bertz CT molecular complexity index is 387. The van der Waals surface area contributed by atoms with Crippen molar-refractivity contribution in [2.24, 2.45) is 17.6 Å². The van der Waals surface area contributed by atoms with E-state index in [0.29, 0.717) is 12.6 Å². The maximum absolute atomic E-state index is 5.90. The average Bonchev–Trinajstić information content (AvgIpc) is 3.00. The predicted molar refractivity (Wildman–Crippen MR) is 73.0 cm³/mol. The molecule has 1 fully saturated rings. The van der Waals surface area contributed by atoms with Crippen LogP contribution >= 0.6 is 0 Å². The standard InChI is InChI=1S/C15H24N2/c1-10-4-5-11(2)14(6-10)15(8-16)17-9-13-7-12(13)3/h4-6,12-13,15,17H,7-9,16H2,1-3H3. The third kappa shape index (κ3) is 3.08. The summed E-state index contributed by atoms with van der Waals surface area (Å²) in [5.41, 5.74) is 9.91. The normalized spacial score (nSPS) is 24.7. The number of hydrogen-bond donors (Lipinski definition) is 2. The number of nitrogens with one attached hydrogen (secondary N) is 1. The maximum atomic E-state index is 5.90. The Balaban J connectivity index is 2.03. The lowest BCUT2D eigenvalue weighted by Crippen LogP contribution is -2.30. The van der Waals surface area contributed by atoms with Gasteiger partial charge in [-0.3, -0.25) is 0 Å². The van der Waals surface area contributed by atoms with Crippen LogP contribution in [0.5, 0.6) is 0 Å². The molecule has 1 aliphatic rings. The molecule has 3 atom stereocenters. The van der Waals surface area contributed by atoms with E-state index < -0.39 is 0 Å². The van der Waals surface area contributed by atoms with E-state index in [1.54, 1.807) is 0 Å². The Morgan fingerprint density at radius 1 is 1.41 bits per heavy atom. The number of rotatable bonds is 5. The van der Waals surface area contributed by atoms with Crippen LogP contribution in [0.4, 0.5) is 0 Å². The fourth-order valence-corrected chi connectivity index (χ4v) is 2.43. The number of nitrogens with two attached hydrogens (primary N) is 1. The zero-order valence-corrected chi connectivity index (χ0v) is 11.2. The van der Waals surface area contributed by atoms with Gasteiger partial charge >= 0.3 is 0 Å². The quantitative estimate of drug-likeness (QED) is 0.819. The lowest BCUT2D eigenvalue weighted by molar-refractivity contribution is 0.509. The fraction of sp³-hybridized carbons (Fsp3) is 0.600. The second kappa shape index (κ2) is 5.19. The zero-order valence-electron chi connectivity index (χ0n) is 11.2. The highest BCUT2D eigenvalue weighted by molar-refractivity contribution is 5.33. The van der Waals surface area contributed by atoms with Gasteiger partial charge in [0.05, 0.1) is 0 Å². The average molecular weight is 232 g/mol. The molecule has 2 rings (SSSR count). The molecule has 1 aromatic carbocycles. The first kappa shape index (κ1) is 12.6. The van der Waals surface area contributed by atoms with Gasteiger partial charge in [-0.15, -0.1) is 0 Å². The van der Waals surface area contributed by atoms with Gasteiger partial charge in [-0.25, -0.2) is 0 Å². The molecule has 0 saturated heterocycles. The van der Waals surface area contributed by atoms with Gasteiger partial charge in [-0.1, -0.05) is 30.7 Å². The SMILES string of the molecule is Cc1ccc(C)c(C(CN)NCC2CC2C)c1. The summed E-state index contributed by atoms with van der Waals surface area (Å²) in [5.74, 6) is 1.77. The summed E-state index contributed by atoms with van der Waals surface area (Å²) in [6, 6.07) is 6.92. The highest BCUT2D eigenvalue weighted by atomic mass is 14.9. The second-order valence-corrected chi connectivity index (χ2v) is 5.53. The van der Waals surface area contributed by atoms with Gasteiger partial charge in [0.2, 0.25) is 0 Å². The van der Waals surface area contributed by atoms with Crippen molar-refractivity contribution in [1.29, 1.82) is 0 Å². The third-order valence-corrected chi connectivity index (χ3v) is 3.95. The molecule has 0 bridgehead atoms. The molecular formula is C15H24N2. The highest BCUT2D eigenvalue weighted by Gasteiger charge is 2.32. The summed E-state index contributed by atoms with van der Waals surface area (Å²) in [6.45, 7) is 8.40. The van der Waals surface area contributed by atoms with E-state index in [4.69, 9.17) is 5.73 Å². The summed E-state index contributed by atoms with van der Waals surface area (Å²) in [4.78, 5) is 0. The van der Waals surface area contributed by atoms with Gasteiger partial charge in [-0.05, 0) is 49.8 Å². The van der Waals surface area contributed by atoms with E-state index in [1.807, 2.05) is 0 Å². The fourth-order valence-electron chi connectivity index (χ4n) is 2.43. The molecule has 1 saturated carbocycles. The molecule has 2 heteroatoms. The largest absolute Gasteiger partial charge is 0.329 e. The van der Waals surface area contributed by atoms with E-state index in [-0.39, 0.29) is 0 Å². The third-order valence-electron chi connectivity index (χ3n) is 3.95. The van der Waals surface area contributed by atoms with Crippen LogP contribution in [0.1, 0.15) is 36.1 Å². The first-order chi connectivity index (χ1) is 8.11. The van der Waals surface area contributed by atoms with Crippen LogP contribution in [0.2, 0.25) is 0 Å². The minimum Gasteiger partial charge on any atom is -0.329 e. The molecule has 1 aliphatic carbocycles. The van der Waals surface area contributed by atoms with Crippen LogP contribution in [0, 0.1) is 25.7 Å². The van der Waals surface area contributed by atoms with Crippen LogP contribution in [0.25, 0.3) is 0 Å². The second-order valence-electron chi connectivity index (χ2n) is 5.53. The predicted octanol–water partition coefficient (Wildman–Crippen LogP) is 2.55. The summed E-state index contributed by atoms with van der Waals surface area (Å²) in [7, 11) is 0. The molecule has 0 heterocycles. The molecule has 94 valence electrons. The van der Waals surface area contributed by atoms with Crippen molar-refractivity contribution in [3.63, 3.8) is 0 Å². The van der Waals surface area contributed by atoms with Crippen molar-refractivity contribution in [2.45, 2.75) is 33.2 Å². The summed E-state index contributed by atoms with van der Waals surface area (Å²) in [6.07, 6.45) is 1.37. The lowest BCUT2D eigenvalue weighted by Gasteiger charge is -2.20. The number of aryl methyl sites for hydroxylation is 2. The molecular weight excluding hydrogens is 208 g/mol. The molecule has 2 nitrogen and oxygen atoms in total. The monoisotopic (exact) mass is 232 g/mol. The van der Waals surface area contributed by atoms with Crippen LogP contribution in [-0.2, 0) is 0 Å². The molecule has 0 radical (unpaired) electrons. The maximum Gasteiger partial charge on any atom is 0.0447 e. The van der Waals surface area contributed by atoms with Gasteiger partial charge in [0.15, 0.2) is 0 Å². The topological polar surface area (TPSA) is 38.0 Å². The molecule has 0 spiro atoms. The Morgan fingerprint density at radius 2 is 2.12 bits per heavy atom. The minimum atomic E-state index is 0.308. The Kier molecular flexibility index (Phi) is 3.85. The number of benzene rings is 1. The Hall–Kier alpha value is -0.860. The van der Waals surface area contributed by atoms with Gasteiger partial charge in [0, 0.05) is 12.6 Å². The first-order valence-electron chi connectivity index (χ1n) is 6.62. The molecule has 3 unspecified atom stereocenters. The van der Waals surface area contributed by atoms with Crippen LogP contribution < -0.4 is 11.1 Å². The summed E-state index contributed by atoms with van der Waals surface area (Å²) < 4.78 is 0. The van der Waals surface area contributed by atoms with E-state index in [1.165, 1.54) is 23.1 Å². The van der Waals surface area contributed by atoms with E-state index in [9.17, 15) is 0 Å². The van der Waals surface area contributed by atoms with Crippen molar-refractivity contribution < 1.29 is 0 Å². The van der Waals surface area contributed by atoms with Crippen molar-refractivity contribution in [1.82, 2.24) is 5.32 Å². The van der Waals surface area contributed by atoms with Crippen LogP contribution in [0.15, 0.2) is 18.2 Å². The van der Waals surface area contributed by atoms with Gasteiger partial charge < -0.3 is 11.1 Å². The summed E-state index contributed by atoms with van der Waals surface area (Å²) >= 11 is 0. The zero-order chi connectivity index (χ0) is 12.4. The molecule has 0 aromatic heterocycles. The first-order valence-corrected chi connectivity index (χ1v) is 6.62. The molecule has 1 aromatic rings. The Morgan fingerprint density at radius 3 is 2.71 bits per heavy atom. The van der Waals surface area contributed by atoms with Gasteiger partial charge in [-0.2, -0.15) is 0 Å². The van der Waals surface area contributed by atoms with Crippen molar-refractivity contribution >= 4 is 0 Å². The molecule has 0 aliphatic heterocycles. The highest BCUT2D eigenvalue weighted by Crippen LogP contribution is 2.37. The number of hydrogen-bond acceptors (Lipinski definition) is 2. The van der Waals surface area contributed by atoms with Crippen molar-refractivity contribution in [3.05, 3.63) is 34.9 Å². The molecule has 17 heavy (non-hydrogen) atoms. The molecule has 0 amide bonds. The summed E-state index contributed by atoms with van der Waals surface area (Å²) in [5, 5.41) is 3.62. The van der Waals surface area contributed by atoms with Gasteiger partial charge in [0.1, 0.15) is 0 Å². The van der Waals surface area contributed by atoms with Gasteiger partial charge in [0.25, 0.3) is 0 Å². The minimum absolute atomic E-state index is 0.308.